The fourth-order valence-electron chi connectivity index (χ4n) is 2.14. The Morgan fingerprint density at radius 3 is 2.68 bits per heavy atom. The van der Waals surface area contributed by atoms with E-state index >= 15 is 0 Å². The quantitative estimate of drug-likeness (QED) is 0.735. The maximum atomic E-state index is 11.5. The third-order valence-electron chi connectivity index (χ3n) is 3.13. The molecule has 0 bridgehead atoms. The number of carbonyl (C=O) groups excluding carboxylic acids is 1. The van der Waals surface area contributed by atoms with Crippen molar-refractivity contribution in [2.75, 3.05) is 7.05 Å². The van der Waals surface area contributed by atoms with Crippen molar-refractivity contribution >= 4 is 16.8 Å². The first kappa shape index (κ1) is 11.5. The molecule has 3 aromatic rings. The standard InChI is InChI=1S/C15H13N3O/c1-16-15(19)11-4-2-10(3-5-11)14-12-6-8-17-13(12)7-9-18-14/h2-9,17H,1H3,(H,16,19). The lowest BCUT2D eigenvalue weighted by molar-refractivity contribution is 0.0963. The van der Waals surface area contributed by atoms with E-state index in [2.05, 4.69) is 15.3 Å². The summed E-state index contributed by atoms with van der Waals surface area (Å²) in [6.45, 7) is 0. The van der Waals surface area contributed by atoms with Gasteiger partial charge < -0.3 is 10.3 Å². The Morgan fingerprint density at radius 2 is 1.95 bits per heavy atom. The van der Waals surface area contributed by atoms with Crippen molar-refractivity contribution < 1.29 is 4.79 Å². The molecule has 1 aromatic carbocycles. The molecular formula is C15H13N3O. The third kappa shape index (κ3) is 1.97. The van der Waals surface area contributed by atoms with Gasteiger partial charge in [0, 0.05) is 41.5 Å². The molecule has 0 saturated heterocycles. The van der Waals surface area contributed by atoms with Crippen molar-refractivity contribution in [2.24, 2.45) is 0 Å². The normalized spacial score (nSPS) is 10.6. The zero-order valence-electron chi connectivity index (χ0n) is 10.5. The Morgan fingerprint density at radius 1 is 1.16 bits per heavy atom. The molecule has 0 radical (unpaired) electrons. The SMILES string of the molecule is CNC(=O)c1ccc(-c2nccc3[nH]ccc23)cc1. The minimum absolute atomic E-state index is 0.0839. The van der Waals surface area contributed by atoms with Gasteiger partial charge in [0.15, 0.2) is 0 Å². The Hall–Kier alpha value is -2.62. The summed E-state index contributed by atoms with van der Waals surface area (Å²) in [5.41, 5.74) is 3.62. The molecule has 0 atom stereocenters. The number of benzene rings is 1. The van der Waals surface area contributed by atoms with E-state index in [0.29, 0.717) is 5.56 Å². The van der Waals surface area contributed by atoms with Crippen LogP contribution >= 0.6 is 0 Å². The topological polar surface area (TPSA) is 57.8 Å². The summed E-state index contributed by atoms with van der Waals surface area (Å²) in [5.74, 6) is -0.0839. The van der Waals surface area contributed by atoms with E-state index in [1.54, 1.807) is 25.4 Å². The van der Waals surface area contributed by atoms with Gasteiger partial charge in [0.1, 0.15) is 0 Å². The van der Waals surface area contributed by atoms with Crippen LogP contribution in [0.1, 0.15) is 10.4 Å². The average molecular weight is 251 g/mol. The lowest BCUT2D eigenvalue weighted by atomic mass is 10.1. The summed E-state index contributed by atoms with van der Waals surface area (Å²) in [6.07, 6.45) is 3.68. The largest absolute Gasteiger partial charge is 0.361 e. The maximum Gasteiger partial charge on any atom is 0.251 e. The van der Waals surface area contributed by atoms with Crippen molar-refractivity contribution in [3.05, 3.63) is 54.4 Å². The number of rotatable bonds is 2. The fraction of sp³-hybridized carbons (Fsp3) is 0.0667. The monoisotopic (exact) mass is 251 g/mol. The van der Waals surface area contributed by atoms with E-state index in [-0.39, 0.29) is 5.91 Å². The molecule has 2 N–H and O–H groups in total. The van der Waals surface area contributed by atoms with Crippen LogP contribution in [0.2, 0.25) is 0 Å². The number of amides is 1. The van der Waals surface area contributed by atoms with Gasteiger partial charge in [-0.2, -0.15) is 0 Å². The minimum Gasteiger partial charge on any atom is -0.361 e. The number of carbonyl (C=O) groups is 1. The van der Waals surface area contributed by atoms with Gasteiger partial charge in [-0.15, -0.1) is 0 Å². The molecule has 2 aromatic heterocycles. The van der Waals surface area contributed by atoms with Crippen molar-refractivity contribution in [2.45, 2.75) is 0 Å². The molecule has 0 spiro atoms. The summed E-state index contributed by atoms with van der Waals surface area (Å²) >= 11 is 0. The van der Waals surface area contributed by atoms with Gasteiger partial charge in [-0.25, -0.2) is 0 Å². The molecular weight excluding hydrogens is 238 g/mol. The van der Waals surface area contributed by atoms with Crippen LogP contribution in [0, 0.1) is 0 Å². The number of H-pyrrole nitrogens is 1. The van der Waals surface area contributed by atoms with E-state index in [0.717, 1.165) is 22.2 Å². The fourth-order valence-corrected chi connectivity index (χ4v) is 2.14. The first-order chi connectivity index (χ1) is 9.29. The molecule has 0 aliphatic rings. The predicted molar refractivity (Wildman–Crippen MR) is 74.9 cm³/mol. The van der Waals surface area contributed by atoms with Crippen LogP contribution in [0.15, 0.2) is 48.8 Å². The molecule has 3 rings (SSSR count). The highest BCUT2D eigenvalue weighted by Crippen LogP contribution is 2.25. The molecule has 0 aliphatic heterocycles. The number of fused-ring (bicyclic) bond motifs is 1. The van der Waals surface area contributed by atoms with Crippen LogP contribution < -0.4 is 5.32 Å². The number of pyridine rings is 1. The molecule has 19 heavy (non-hydrogen) atoms. The molecule has 0 fully saturated rings. The number of hydrogen-bond acceptors (Lipinski definition) is 2. The molecule has 0 aliphatic carbocycles. The first-order valence-corrected chi connectivity index (χ1v) is 6.04. The molecule has 0 saturated carbocycles. The van der Waals surface area contributed by atoms with Crippen molar-refractivity contribution in [1.29, 1.82) is 0 Å². The Balaban J connectivity index is 2.07. The van der Waals surface area contributed by atoms with Crippen LogP contribution in [0.25, 0.3) is 22.2 Å². The van der Waals surface area contributed by atoms with Gasteiger partial charge in [0.05, 0.1) is 5.69 Å². The molecule has 0 unspecified atom stereocenters. The number of aromatic amines is 1. The average Bonchev–Trinajstić information content (AvgIpc) is 2.95. The van der Waals surface area contributed by atoms with Crippen molar-refractivity contribution in [1.82, 2.24) is 15.3 Å². The lowest BCUT2D eigenvalue weighted by Crippen LogP contribution is -2.17. The summed E-state index contributed by atoms with van der Waals surface area (Å²) < 4.78 is 0. The summed E-state index contributed by atoms with van der Waals surface area (Å²) in [5, 5.41) is 3.69. The van der Waals surface area contributed by atoms with Gasteiger partial charge >= 0.3 is 0 Å². The van der Waals surface area contributed by atoms with Gasteiger partial charge in [-0.05, 0) is 24.3 Å². The highest BCUT2D eigenvalue weighted by Gasteiger charge is 2.07. The summed E-state index contributed by atoms with van der Waals surface area (Å²) in [4.78, 5) is 19.1. The van der Waals surface area contributed by atoms with Crippen LogP contribution in [0.4, 0.5) is 0 Å². The first-order valence-electron chi connectivity index (χ1n) is 6.04. The van der Waals surface area contributed by atoms with Gasteiger partial charge in [0.2, 0.25) is 0 Å². The van der Waals surface area contributed by atoms with E-state index in [1.807, 2.05) is 30.5 Å². The van der Waals surface area contributed by atoms with E-state index in [4.69, 9.17) is 0 Å². The zero-order chi connectivity index (χ0) is 13.2. The summed E-state index contributed by atoms with van der Waals surface area (Å²) in [6, 6.07) is 11.4. The molecule has 4 nitrogen and oxygen atoms in total. The number of nitrogens with one attached hydrogen (secondary N) is 2. The van der Waals surface area contributed by atoms with Gasteiger partial charge in [0.25, 0.3) is 5.91 Å². The second-order valence-corrected chi connectivity index (χ2v) is 4.25. The molecule has 1 amide bonds. The van der Waals surface area contributed by atoms with Crippen LogP contribution in [-0.4, -0.2) is 22.9 Å². The Kier molecular flexibility index (Phi) is 2.76. The number of nitrogens with zero attached hydrogens (tertiary/aromatic N) is 1. The maximum absolute atomic E-state index is 11.5. The molecule has 4 heteroatoms. The predicted octanol–water partition coefficient (Wildman–Crippen LogP) is 2.59. The number of hydrogen-bond donors (Lipinski definition) is 2. The van der Waals surface area contributed by atoms with E-state index < -0.39 is 0 Å². The van der Waals surface area contributed by atoms with Crippen LogP contribution in [0.5, 0.6) is 0 Å². The van der Waals surface area contributed by atoms with Crippen LogP contribution in [-0.2, 0) is 0 Å². The Labute approximate surface area is 110 Å². The Bertz CT molecular complexity index is 728. The van der Waals surface area contributed by atoms with Crippen LogP contribution in [0.3, 0.4) is 0 Å². The second-order valence-electron chi connectivity index (χ2n) is 4.25. The summed E-state index contributed by atoms with van der Waals surface area (Å²) in [7, 11) is 1.62. The van der Waals surface area contributed by atoms with Crippen molar-refractivity contribution in [3.8, 4) is 11.3 Å². The number of aromatic nitrogens is 2. The van der Waals surface area contributed by atoms with E-state index in [9.17, 15) is 4.79 Å². The van der Waals surface area contributed by atoms with E-state index in [1.165, 1.54) is 0 Å². The third-order valence-corrected chi connectivity index (χ3v) is 3.13. The van der Waals surface area contributed by atoms with Gasteiger partial charge in [-0.1, -0.05) is 12.1 Å². The highest BCUT2D eigenvalue weighted by atomic mass is 16.1. The van der Waals surface area contributed by atoms with Gasteiger partial charge in [-0.3, -0.25) is 9.78 Å². The van der Waals surface area contributed by atoms with Crippen molar-refractivity contribution in [3.63, 3.8) is 0 Å². The lowest BCUT2D eigenvalue weighted by Gasteiger charge is -2.04. The zero-order valence-corrected chi connectivity index (χ0v) is 10.5. The second kappa shape index (κ2) is 4.57. The molecule has 2 heterocycles. The minimum atomic E-state index is -0.0839. The molecule has 94 valence electrons. The smallest absolute Gasteiger partial charge is 0.251 e. The highest BCUT2D eigenvalue weighted by molar-refractivity contribution is 5.96.